The van der Waals surface area contributed by atoms with Crippen molar-refractivity contribution in [3.8, 4) is 50.7 Å². The topological polar surface area (TPSA) is 33.5 Å². The SMILES string of the molecule is [2H]c1c([2H])c([2H])c2c(c1[2H])c1ccc(Oc3[c-]c(N4[CH-]N(c5c(-c6cc(-c7ccccc7)cc(C(C)(C)C)c6)cccc5-c5ccc6c(c5)C(C)(C)CCC6(C)C)c5ccccc54)ccc3)[c-]c1n2-c1cc(C(C)(C)C)ccn1.[Pt]. The standard InChI is InChI=1S/C70H65N4O.Pt/c1-67(2,3)50-34-37-71-65(42-50)74-61-27-15-14-24-57(61)58-32-31-54(44-64(58)74)75-53-23-18-22-52(43-53)72-45-73(63-29-17-16-28-62(63)72)66-55(47-30-33-59-60(41-47)70(9,10)36-35-69(59,7)8)25-19-26-56(66)49-38-48(46-20-12-11-13-21-46)39-51(40-49)68(4,5)6;/h11-34,37-42,45H,35-36H2,1-10H3;/q-3;/i14D,15D,24D,27D;. The molecule has 0 N–H and O–H groups in total. The average Bonchev–Trinajstić information content (AvgIpc) is 4.05. The van der Waals surface area contributed by atoms with Crippen LogP contribution in [0.4, 0.5) is 22.7 Å². The maximum Gasteiger partial charge on any atom is 0.135 e. The molecule has 8 aromatic carbocycles. The van der Waals surface area contributed by atoms with Gasteiger partial charge in [-0.15, -0.1) is 48.1 Å². The largest absolute Gasteiger partial charge is 0.509 e. The molecular weight excluding hydrogens is 1110 g/mol. The molecular formula is C70H65N4OPt-3. The summed E-state index contributed by atoms with van der Waals surface area (Å²) in [6.45, 7) is 25.0. The van der Waals surface area contributed by atoms with Crippen LogP contribution in [0.25, 0.3) is 61.0 Å². The van der Waals surface area contributed by atoms with Gasteiger partial charge in [0.2, 0.25) is 0 Å². The molecule has 1 aliphatic carbocycles. The number of fused-ring (bicyclic) bond motifs is 5. The zero-order valence-corrected chi connectivity index (χ0v) is 47.3. The van der Waals surface area contributed by atoms with E-state index in [1.807, 2.05) is 36.4 Å². The van der Waals surface area contributed by atoms with Crippen LogP contribution in [0.2, 0.25) is 0 Å². The Morgan fingerprint density at radius 3 is 1.97 bits per heavy atom. The second-order valence-electron chi connectivity index (χ2n) is 23.8. The third kappa shape index (κ3) is 9.15. The summed E-state index contributed by atoms with van der Waals surface area (Å²) in [6, 6.07) is 60.0. The second-order valence-corrected chi connectivity index (χ2v) is 23.8. The first-order valence-corrected chi connectivity index (χ1v) is 26.2. The molecule has 1 aliphatic heterocycles. The number of ether oxygens (including phenoxy) is 1. The van der Waals surface area contributed by atoms with Crippen LogP contribution in [0.5, 0.6) is 11.5 Å². The van der Waals surface area contributed by atoms with Crippen molar-refractivity contribution >= 4 is 44.6 Å². The van der Waals surface area contributed by atoms with Crippen molar-refractivity contribution in [3.05, 3.63) is 223 Å². The third-order valence-corrected chi connectivity index (χ3v) is 15.6. The Balaban J connectivity index is 0.00000675. The molecule has 76 heavy (non-hydrogen) atoms. The maximum atomic E-state index is 9.13. The summed E-state index contributed by atoms with van der Waals surface area (Å²) in [5.74, 6) is 1.38. The number of aromatic nitrogens is 2. The summed E-state index contributed by atoms with van der Waals surface area (Å²) in [5, 5.41) is 1.01. The Kier molecular flexibility index (Phi) is 11.6. The molecule has 0 bridgehead atoms. The predicted octanol–water partition coefficient (Wildman–Crippen LogP) is 18.9. The van der Waals surface area contributed by atoms with Gasteiger partial charge in [-0.05, 0) is 121 Å². The number of benzene rings is 8. The van der Waals surface area contributed by atoms with E-state index < -0.39 is 0 Å². The van der Waals surface area contributed by atoms with E-state index in [2.05, 4.69) is 207 Å². The fourth-order valence-corrected chi connectivity index (χ4v) is 11.2. The van der Waals surface area contributed by atoms with Crippen LogP contribution in [0.15, 0.2) is 182 Å². The van der Waals surface area contributed by atoms with Gasteiger partial charge in [0, 0.05) is 72.5 Å². The zero-order valence-electron chi connectivity index (χ0n) is 49.0. The summed E-state index contributed by atoms with van der Waals surface area (Å²) in [7, 11) is 0. The average molecular weight is 1180 g/mol. The molecule has 2 aliphatic rings. The van der Waals surface area contributed by atoms with Gasteiger partial charge in [-0.3, -0.25) is 0 Å². The Morgan fingerprint density at radius 2 is 1.22 bits per heavy atom. The van der Waals surface area contributed by atoms with Gasteiger partial charge in [0.15, 0.2) is 0 Å². The molecule has 12 rings (SSSR count). The molecule has 0 fully saturated rings. The van der Waals surface area contributed by atoms with Crippen LogP contribution in [0.3, 0.4) is 0 Å². The van der Waals surface area contributed by atoms with E-state index in [1.165, 1.54) is 33.4 Å². The first kappa shape index (κ1) is 46.1. The van der Waals surface area contributed by atoms with Gasteiger partial charge in [0.05, 0.1) is 5.48 Å². The van der Waals surface area contributed by atoms with Crippen molar-refractivity contribution in [2.24, 2.45) is 0 Å². The van der Waals surface area contributed by atoms with Crippen LogP contribution in [0, 0.1) is 18.8 Å². The van der Waals surface area contributed by atoms with Crippen molar-refractivity contribution in [1.29, 1.82) is 0 Å². The molecule has 0 amide bonds. The van der Waals surface area contributed by atoms with E-state index in [-0.39, 0.29) is 66.9 Å². The van der Waals surface area contributed by atoms with E-state index in [0.29, 0.717) is 39.1 Å². The molecule has 0 atom stereocenters. The number of hydrogen-bond donors (Lipinski definition) is 0. The summed E-state index contributed by atoms with van der Waals surface area (Å²) < 4.78 is 44.0. The Bertz CT molecular complexity index is 4080. The van der Waals surface area contributed by atoms with Crippen LogP contribution in [-0.4, -0.2) is 9.55 Å². The monoisotopic (exact) mass is 1180 g/mol. The summed E-state index contributed by atoms with van der Waals surface area (Å²) in [6.07, 6.45) is 4.01. The van der Waals surface area contributed by atoms with Crippen molar-refractivity contribution in [2.45, 2.75) is 104 Å². The second kappa shape index (κ2) is 19.1. The molecule has 6 heteroatoms. The molecule has 0 unspecified atom stereocenters. The molecule has 3 heterocycles. The molecule has 0 spiro atoms. The van der Waals surface area contributed by atoms with Crippen molar-refractivity contribution in [3.63, 3.8) is 0 Å². The number of para-hydroxylation sites is 4. The van der Waals surface area contributed by atoms with Crippen LogP contribution < -0.4 is 14.5 Å². The molecule has 10 aromatic rings. The van der Waals surface area contributed by atoms with E-state index in [1.54, 1.807) is 16.8 Å². The molecule has 0 radical (unpaired) electrons. The fourth-order valence-electron chi connectivity index (χ4n) is 11.2. The Hall–Kier alpha value is -7.20. The van der Waals surface area contributed by atoms with Gasteiger partial charge in [-0.1, -0.05) is 184 Å². The van der Waals surface area contributed by atoms with E-state index >= 15 is 0 Å². The quantitative estimate of drug-likeness (QED) is 0.142. The Labute approximate surface area is 470 Å². The van der Waals surface area contributed by atoms with Gasteiger partial charge >= 0.3 is 0 Å². The van der Waals surface area contributed by atoms with E-state index in [0.717, 1.165) is 57.8 Å². The molecule has 2 aromatic heterocycles. The van der Waals surface area contributed by atoms with Gasteiger partial charge < -0.3 is 19.1 Å². The minimum atomic E-state index is -0.311. The van der Waals surface area contributed by atoms with Gasteiger partial charge in [0.1, 0.15) is 5.82 Å². The summed E-state index contributed by atoms with van der Waals surface area (Å²) in [4.78, 5) is 9.31. The van der Waals surface area contributed by atoms with E-state index in [4.69, 9.17) is 15.2 Å². The molecule has 0 saturated carbocycles. The van der Waals surface area contributed by atoms with E-state index in [9.17, 15) is 0 Å². The zero-order chi connectivity index (χ0) is 55.5. The number of nitrogens with zero attached hydrogens (tertiary/aromatic N) is 4. The van der Waals surface area contributed by atoms with Gasteiger partial charge in [-0.25, -0.2) is 4.98 Å². The number of rotatable bonds is 8. The normalized spacial score (nSPS) is 15.6. The van der Waals surface area contributed by atoms with Crippen LogP contribution in [-0.2, 0) is 42.7 Å². The minimum absolute atomic E-state index is 0. The fraction of sp³-hybridized carbons (Fsp3) is 0.229. The summed E-state index contributed by atoms with van der Waals surface area (Å²) >= 11 is 0. The first-order chi connectivity index (χ1) is 37.6. The molecule has 384 valence electrons. The smallest absolute Gasteiger partial charge is 0.135 e. The number of hydrogen-bond acceptors (Lipinski definition) is 4. The van der Waals surface area contributed by atoms with Gasteiger partial charge in [-0.2, -0.15) is 12.1 Å². The van der Waals surface area contributed by atoms with Crippen molar-refractivity contribution < 1.29 is 31.3 Å². The third-order valence-electron chi connectivity index (χ3n) is 15.6. The first-order valence-electron chi connectivity index (χ1n) is 28.2. The number of anilines is 4. The molecule has 5 nitrogen and oxygen atoms in total. The minimum Gasteiger partial charge on any atom is -0.509 e. The van der Waals surface area contributed by atoms with Crippen LogP contribution >= 0.6 is 0 Å². The maximum absolute atomic E-state index is 9.13. The van der Waals surface area contributed by atoms with Gasteiger partial charge in [0.25, 0.3) is 0 Å². The summed E-state index contributed by atoms with van der Waals surface area (Å²) in [5.41, 5.74) is 16.5. The predicted molar refractivity (Wildman–Crippen MR) is 313 cm³/mol. The molecule has 0 saturated heterocycles. The number of pyridine rings is 1. The van der Waals surface area contributed by atoms with Crippen LogP contribution in [0.1, 0.15) is 110 Å². The Morgan fingerprint density at radius 1 is 0.566 bits per heavy atom. The van der Waals surface area contributed by atoms with Crippen molar-refractivity contribution in [2.75, 3.05) is 9.80 Å². The van der Waals surface area contributed by atoms with Crippen molar-refractivity contribution in [1.82, 2.24) is 9.55 Å².